The van der Waals surface area contributed by atoms with Crippen molar-refractivity contribution in [3.63, 3.8) is 0 Å². The number of hydrogen-bond donors (Lipinski definition) is 1. The molecule has 2 aromatic rings. The third kappa shape index (κ3) is 1.57. The predicted octanol–water partition coefficient (Wildman–Crippen LogP) is 2.48. The van der Waals surface area contributed by atoms with E-state index in [-0.39, 0.29) is 0 Å². The Kier molecular flexibility index (Phi) is 2.48. The molecule has 1 N–H and O–H groups in total. The van der Waals surface area contributed by atoms with Gasteiger partial charge in [-0.15, -0.1) is 0 Å². The molecule has 1 aliphatic heterocycles. The van der Waals surface area contributed by atoms with E-state index in [0.717, 1.165) is 23.2 Å². The zero-order valence-corrected chi connectivity index (χ0v) is 10.8. The van der Waals surface area contributed by atoms with Crippen LogP contribution >= 0.6 is 15.9 Å². The summed E-state index contributed by atoms with van der Waals surface area (Å²) in [4.78, 5) is 4.65. The number of nitrogens with one attached hydrogen (secondary N) is 1. The van der Waals surface area contributed by atoms with Gasteiger partial charge in [-0.3, -0.25) is 0 Å². The van der Waals surface area contributed by atoms with Crippen molar-refractivity contribution in [2.24, 2.45) is 0 Å². The molecule has 0 aliphatic carbocycles. The Labute approximate surface area is 103 Å². The molecule has 1 aliphatic rings. The predicted molar refractivity (Wildman–Crippen MR) is 67.9 cm³/mol. The topological polar surface area (TPSA) is 29.3 Å². The van der Waals surface area contributed by atoms with E-state index in [4.69, 9.17) is 0 Å². The number of fused-ring (bicyclic) bond motifs is 1. The minimum Gasteiger partial charge on any atom is -0.316 e. The lowest BCUT2D eigenvalue weighted by molar-refractivity contribution is 0.697. The Balaban J connectivity index is 2.19. The highest BCUT2D eigenvalue weighted by Gasteiger charge is 2.22. The van der Waals surface area contributed by atoms with E-state index in [1.54, 1.807) is 0 Å². The van der Waals surface area contributed by atoms with Crippen LogP contribution in [-0.4, -0.2) is 22.5 Å². The highest BCUT2D eigenvalue weighted by atomic mass is 79.9. The quantitative estimate of drug-likeness (QED) is 0.869. The van der Waals surface area contributed by atoms with E-state index in [0.29, 0.717) is 5.92 Å². The van der Waals surface area contributed by atoms with Crippen LogP contribution in [-0.2, 0) is 0 Å². The highest BCUT2D eigenvalue weighted by molar-refractivity contribution is 9.10. The molecule has 3 heterocycles. The number of nitrogens with zero attached hydrogens (tertiary/aromatic N) is 2. The van der Waals surface area contributed by atoms with Crippen molar-refractivity contribution in [1.82, 2.24) is 14.7 Å². The molecule has 1 atom stereocenters. The molecular weight excluding hydrogens is 266 g/mol. The maximum atomic E-state index is 4.65. The molecule has 0 bridgehead atoms. The van der Waals surface area contributed by atoms with Gasteiger partial charge in [0, 0.05) is 18.7 Å². The van der Waals surface area contributed by atoms with Crippen molar-refractivity contribution in [2.75, 3.05) is 13.1 Å². The summed E-state index contributed by atoms with van der Waals surface area (Å²) in [7, 11) is 0. The number of imidazole rings is 1. The first-order valence-electron chi connectivity index (χ1n) is 5.60. The fourth-order valence-electron chi connectivity index (χ4n) is 2.34. The van der Waals surface area contributed by atoms with Gasteiger partial charge in [-0.25, -0.2) is 4.98 Å². The van der Waals surface area contributed by atoms with Crippen LogP contribution in [0.4, 0.5) is 0 Å². The van der Waals surface area contributed by atoms with Crippen molar-refractivity contribution in [3.05, 3.63) is 34.3 Å². The van der Waals surface area contributed by atoms with Gasteiger partial charge in [0.25, 0.3) is 0 Å². The maximum absolute atomic E-state index is 4.65. The van der Waals surface area contributed by atoms with Crippen molar-refractivity contribution in [2.45, 2.75) is 19.3 Å². The first-order chi connectivity index (χ1) is 7.75. The summed E-state index contributed by atoms with van der Waals surface area (Å²) in [6, 6.07) is 4.25. The van der Waals surface area contributed by atoms with Gasteiger partial charge >= 0.3 is 0 Å². The van der Waals surface area contributed by atoms with Gasteiger partial charge < -0.3 is 9.72 Å². The van der Waals surface area contributed by atoms with Gasteiger partial charge in [-0.05, 0) is 47.4 Å². The van der Waals surface area contributed by atoms with Crippen LogP contribution in [0.15, 0.2) is 22.9 Å². The van der Waals surface area contributed by atoms with Crippen LogP contribution < -0.4 is 5.32 Å². The summed E-state index contributed by atoms with van der Waals surface area (Å²) in [5.41, 5.74) is 2.43. The second-order valence-corrected chi connectivity index (χ2v) is 5.16. The lowest BCUT2D eigenvalue weighted by atomic mass is 10.1. The molecule has 0 radical (unpaired) electrons. The standard InChI is InChI=1S/C12H14BrN3/c1-8-2-3-10-11(13)15-12(16(10)7-8)9-4-5-14-6-9/h2-3,7,9,14H,4-6H2,1H3. The number of pyridine rings is 1. The Bertz CT molecular complexity index is 526. The number of halogens is 1. The Hall–Kier alpha value is -0.870. The van der Waals surface area contributed by atoms with Gasteiger partial charge in [0.1, 0.15) is 10.4 Å². The average molecular weight is 280 g/mol. The summed E-state index contributed by atoms with van der Waals surface area (Å²) in [5, 5.41) is 3.39. The number of aromatic nitrogens is 2. The van der Waals surface area contributed by atoms with Crippen molar-refractivity contribution < 1.29 is 0 Å². The SMILES string of the molecule is Cc1ccc2c(Br)nc(C3CCNC3)n2c1. The summed E-state index contributed by atoms with van der Waals surface area (Å²) in [5.74, 6) is 1.72. The van der Waals surface area contributed by atoms with Crippen molar-refractivity contribution in [3.8, 4) is 0 Å². The molecule has 0 amide bonds. The summed E-state index contributed by atoms with van der Waals surface area (Å²) < 4.78 is 3.17. The first-order valence-corrected chi connectivity index (χ1v) is 6.40. The molecule has 2 aromatic heterocycles. The molecule has 4 heteroatoms. The van der Waals surface area contributed by atoms with Gasteiger partial charge in [0.15, 0.2) is 0 Å². The molecule has 0 aromatic carbocycles. The number of rotatable bonds is 1. The van der Waals surface area contributed by atoms with E-state index >= 15 is 0 Å². The molecule has 0 spiro atoms. The first kappa shape index (κ1) is 10.3. The highest BCUT2D eigenvalue weighted by Crippen LogP contribution is 2.27. The lowest BCUT2D eigenvalue weighted by Crippen LogP contribution is -2.10. The van der Waals surface area contributed by atoms with Gasteiger partial charge in [0.2, 0.25) is 0 Å². The molecule has 1 fully saturated rings. The number of hydrogen-bond acceptors (Lipinski definition) is 2. The lowest BCUT2D eigenvalue weighted by Gasteiger charge is -2.07. The third-order valence-electron chi connectivity index (χ3n) is 3.19. The maximum Gasteiger partial charge on any atom is 0.132 e. The van der Waals surface area contributed by atoms with Crippen LogP contribution in [0.1, 0.15) is 23.7 Å². The van der Waals surface area contributed by atoms with E-state index < -0.39 is 0 Å². The molecule has 1 saturated heterocycles. The Morgan fingerprint density at radius 1 is 1.50 bits per heavy atom. The molecule has 16 heavy (non-hydrogen) atoms. The van der Waals surface area contributed by atoms with Gasteiger partial charge in [-0.2, -0.15) is 0 Å². The second-order valence-electron chi connectivity index (χ2n) is 4.41. The molecule has 84 valence electrons. The van der Waals surface area contributed by atoms with Crippen LogP contribution in [0, 0.1) is 6.92 Å². The molecule has 0 saturated carbocycles. The van der Waals surface area contributed by atoms with Crippen molar-refractivity contribution in [1.29, 1.82) is 0 Å². The van der Waals surface area contributed by atoms with Gasteiger partial charge in [-0.1, -0.05) is 6.07 Å². The number of aryl methyl sites for hydroxylation is 1. The van der Waals surface area contributed by atoms with E-state index in [9.17, 15) is 0 Å². The summed E-state index contributed by atoms with van der Waals surface area (Å²) in [6.45, 7) is 4.26. The second kappa shape index (κ2) is 3.86. The third-order valence-corrected chi connectivity index (χ3v) is 3.78. The molecular formula is C12H14BrN3. The zero-order valence-electron chi connectivity index (χ0n) is 9.20. The smallest absolute Gasteiger partial charge is 0.132 e. The average Bonchev–Trinajstić information content (AvgIpc) is 2.86. The Morgan fingerprint density at radius 3 is 3.12 bits per heavy atom. The van der Waals surface area contributed by atoms with E-state index in [1.807, 2.05) is 0 Å². The minimum absolute atomic E-state index is 0.542. The Morgan fingerprint density at radius 2 is 2.38 bits per heavy atom. The summed E-state index contributed by atoms with van der Waals surface area (Å²) >= 11 is 3.54. The van der Waals surface area contributed by atoms with Crippen molar-refractivity contribution >= 4 is 21.4 Å². The minimum atomic E-state index is 0.542. The summed E-state index contributed by atoms with van der Waals surface area (Å²) in [6.07, 6.45) is 3.35. The molecule has 1 unspecified atom stereocenters. The van der Waals surface area contributed by atoms with Crippen LogP contribution in [0.2, 0.25) is 0 Å². The molecule has 3 rings (SSSR count). The monoisotopic (exact) mass is 279 g/mol. The van der Waals surface area contributed by atoms with Crippen LogP contribution in [0.5, 0.6) is 0 Å². The fraction of sp³-hybridized carbons (Fsp3) is 0.417. The van der Waals surface area contributed by atoms with Gasteiger partial charge in [0.05, 0.1) is 5.52 Å². The largest absolute Gasteiger partial charge is 0.316 e. The van der Waals surface area contributed by atoms with Crippen LogP contribution in [0.3, 0.4) is 0 Å². The van der Waals surface area contributed by atoms with Crippen LogP contribution in [0.25, 0.3) is 5.52 Å². The van der Waals surface area contributed by atoms with E-state index in [2.05, 4.69) is 55.9 Å². The molecule has 3 nitrogen and oxygen atoms in total. The normalized spacial score (nSPS) is 20.8. The zero-order chi connectivity index (χ0) is 11.1. The fourth-order valence-corrected chi connectivity index (χ4v) is 2.84. The van der Waals surface area contributed by atoms with E-state index in [1.165, 1.54) is 17.8 Å².